The molecule has 1 aliphatic carbocycles. The molecule has 1 fully saturated rings. The van der Waals surface area contributed by atoms with Gasteiger partial charge in [0.05, 0.1) is 0 Å². The summed E-state index contributed by atoms with van der Waals surface area (Å²) in [5, 5.41) is 0. The Morgan fingerprint density at radius 1 is 0.600 bits per heavy atom. The molecule has 3 aromatic rings. The third-order valence-electron chi connectivity index (χ3n) is 7.15. The van der Waals surface area contributed by atoms with Gasteiger partial charge in [0.25, 0.3) is 0 Å². The smallest absolute Gasteiger partial charge is 0.194 e. The van der Waals surface area contributed by atoms with Gasteiger partial charge in [-0.05, 0) is 103 Å². The average molecular weight is 491 g/mol. The predicted octanol–water partition coefficient (Wildman–Crippen LogP) is 8.70. The van der Waals surface area contributed by atoms with Gasteiger partial charge in [-0.2, -0.15) is 0 Å². The van der Waals surface area contributed by atoms with Gasteiger partial charge in [-0.25, -0.2) is 26.3 Å². The van der Waals surface area contributed by atoms with Gasteiger partial charge in [-0.3, -0.25) is 0 Å². The molecule has 0 N–H and O–H groups in total. The summed E-state index contributed by atoms with van der Waals surface area (Å²) in [6.45, 7) is 1.93. The Balaban J connectivity index is 1.38. The standard InChI is InChI=1S/C29H28F6/c1-2-3-21-12-13-23(28(34)27(21)33)19-8-6-18(7-9-19)22-11-10-20(24(30)16-22)5-4-17-14-25(31)29(35)26(32)15-17/h10-16,18-19H,2-9H2,1H3. The maximum Gasteiger partial charge on any atom is 0.194 e. The fourth-order valence-electron chi connectivity index (χ4n) is 5.17. The van der Waals surface area contributed by atoms with Crippen molar-refractivity contribution >= 4 is 0 Å². The third-order valence-corrected chi connectivity index (χ3v) is 7.15. The van der Waals surface area contributed by atoms with Crippen molar-refractivity contribution in [3.8, 4) is 0 Å². The lowest BCUT2D eigenvalue weighted by atomic mass is 9.75. The molecule has 0 bridgehead atoms. The van der Waals surface area contributed by atoms with Crippen molar-refractivity contribution < 1.29 is 26.3 Å². The third kappa shape index (κ3) is 5.57. The number of hydrogen-bond acceptors (Lipinski definition) is 0. The Kier molecular flexibility index (Phi) is 7.88. The van der Waals surface area contributed by atoms with Crippen LogP contribution in [0, 0.1) is 34.9 Å². The monoisotopic (exact) mass is 490 g/mol. The molecule has 4 rings (SSSR count). The van der Waals surface area contributed by atoms with Gasteiger partial charge in [-0.15, -0.1) is 0 Å². The molecule has 3 aromatic carbocycles. The maximum atomic E-state index is 14.8. The van der Waals surface area contributed by atoms with E-state index in [1.165, 1.54) is 6.07 Å². The van der Waals surface area contributed by atoms with Crippen molar-refractivity contribution in [2.45, 2.75) is 70.1 Å². The molecule has 0 unspecified atom stereocenters. The molecule has 0 radical (unpaired) electrons. The van der Waals surface area contributed by atoms with Crippen LogP contribution in [0.5, 0.6) is 0 Å². The molecule has 0 heterocycles. The zero-order valence-corrected chi connectivity index (χ0v) is 19.6. The van der Waals surface area contributed by atoms with Gasteiger partial charge in [0.15, 0.2) is 29.1 Å². The highest BCUT2D eigenvalue weighted by molar-refractivity contribution is 5.32. The molecular formula is C29H28F6. The van der Waals surface area contributed by atoms with Crippen LogP contribution in [0.4, 0.5) is 26.3 Å². The van der Waals surface area contributed by atoms with E-state index in [0.717, 1.165) is 37.0 Å². The number of hydrogen-bond donors (Lipinski definition) is 0. The van der Waals surface area contributed by atoms with Crippen molar-refractivity contribution in [1.29, 1.82) is 0 Å². The molecule has 0 saturated heterocycles. The largest absolute Gasteiger partial charge is 0.207 e. The fourth-order valence-corrected chi connectivity index (χ4v) is 5.17. The van der Waals surface area contributed by atoms with Gasteiger partial charge < -0.3 is 0 Å². The van der Waals surface area contributed by atoms with Crippen LogP contribution < -0.4 is 0 Å². The lowest BCUT2D eigenvalue weighted by Gasteiger charge is -2.29. The first-order chi connectivity index (χ1) is 16.8. The van der Waals surface area contributed by atoms with E-state index in [0.29, 0.717) is 36.0 Å². The summed E-state index contributed by atoms with van der Waals surface area (Å²) in [4.78, 5) is 0. The summed E-state index contributed by atoms with van der Waals surface area (Å²) in [5.74, 6) is -5.84. The highest BCUT2D eigenvalue weighted by Gasteiger charge is 2.27. The van der Waals surface area contributed by atoms with Gasteiger partial charge in [-0.1, -0.05) is 37.6 Å². The molecule has 0 spiro atoms. The van der Waals surface area contributed by atoms with Gasteiger partial charge in [0.2, 0.25) is 0 Å². The minimum Gasteiger partial charge on any atom is -0.207 e. The molecule has 0 atom stereocenters. The summed E-state index contributed by atoms with van der Waals surface area (Å²) in [7, 11) is 0. The Labute approximate surface area is 202 Å². The number of halogens is 6. The van der Waals surface area contributed by atoms with Gasteiger partial charge >= 0.3 is 0 Å². The van der Waals surface area contributed by atoms with Crippen LogP contribution in [0.1, 0.15) is 78.7 Å². The lowest BCUT2D eigenvalue weighted by Crippen LogP contribution is -2.14. The van der Waals surface area contributed by atoms with E-state index < -0.39 is 34.9 Å². The summed E-state index contributed by atoms with van der Waals surface area (Å²) in [6, 6.07) is 10.3. The topological polar surface area (TPSA) is 0 Å². The second kappa shape index (κ2) is 10.9. The SMILES string of the molecule is CCCc1ccc(C2CCC(c3ccc(CCc4cc(F)c(F)c(F)c4)c(F)c3)CC2)c(F)c1F. The minimum atomic E-state index is -1.51. The summed E-state index contributed by atoms with van der Waals surface area (Å²) in [6.07, 6.45) is 4.54. The quantitative estimate of drug-likeness (QED) is 0.230. The van der Waals surface area contributed by atoms with E-state index in [4.69, 9.17) is 0 Å². The molecule has 0 aromatic heterocycles. The molecule has 35 heavy (non-hydrogen) atoms. The summed E-state index contributed by atoms with van der Waals surface area (Å²) >= 11 is 0. The van der Waals surface area contributed by atoms with Crippen molar-refractivity contribution in [3.05, 3.63) is 105 Å². The van der Waals surface area contributed by atoms with Crippen LogP contribution in [0.15, 0.2) is 42.5 Å². The Bertz CT molecular complexity index is 1170. The summed E-state index contributed by atoms with van der Waals surface area (Å²) in [5.41, 5.74) is 2.36. The molecule has 6 heteroatoms. The molecule has 0 nitrogen and oxygen atoms in total. The van der Waals surface area contributed by atoms with E-state index in [2.05, 4.69) is 0 Å². The molecule has 0 aliphatic heterocycles. The van der Waals surface area contributed by atoms with E-state index >= 15 is 0 Å². The van der Waals surface area contributed by atoms with E-state index in [1.54, 1.807) is 18.2 Å². The second-order valence-electron chi connectivity index (χ2n) is 9.46. The number of rotatable bonds is 7. The highest BCUT2D eigenvalue weighted by atomic mass is 19.2. The molecule has 0 amide bonds. The fraction of sp³-hybridized carbons (Fsp3) is 0.379. The van der Waals surface area contributed by atoms with Crippen LogP contribution in [-0.2, 0) is 19.3 Å². The van der Waals surface area contributed by atoms with Crippen LogP contribution in [-0.4, -0.2) is 0 Å². The van der Waals surface area contributed by atoms with Crippen molar-refractivity contribution in [2.24, 2.45) is 0 Å². The molecule has 186 valence electrons. The Hall–Kier alpha value is -2.76. The van der Waals surface area contributed by atoms with Crippen molar-refractivity contribution in [3.63, 3.8) is 0 Å². The second-order valence-corrected chi connectivity index (χ2v) is 9.46. The predicted molar refractivity (Wildman–Crippen MR) is 124 cm³/mol. The first kappa shape index (κ1) is 25.3. The van der Waals surface area contributed by atoms with Crippen LogP contribution in [0.3, 0.4) is 0 Å². The van der Waals surface area contributed by atoms with Gasteiger partial charge in [0.1, 0.15) is 5.82 Å². The number of aryl methyl sites for hydroxylation is 3. The maximum absolute atomic E-state index is 14.8. The van der Waals surface area contributed by atoms with Gasteiger partial charge in [0, 0.05) is 0 Å². The highest BCUT2D eigenvalue weighted by Crippen LogP contribution is 2.42. The molecular weight excluding hydrogens is 462 g/mol. The Morgan fingerprint density at radius 2 is 1.23 bits per heavy atom. The van der Waals surface area contributed by atoms with Crippen LogP contribution >= 0.6 is 0 Å². The zero-order chi connectivity index (χ0) is 25.1. The van der Waals surface area contributed by atoms with Crippen LogP contribution in [0.25, 0.3) is 0 Å². The zero-order valence-electron chi connectivity index (χ0n) is 19.6. The van der Waals surface area contributed by atoms with Crippen LogP contribution in [0.2, 0.25) is 0 Å². The Morgan fingerprint density at radius 3 is 1.86 bits per heavy atom. The van der Waals surface area contributed by atoms with E-state index in [9.17, 15) is 26.3 Å². The van der Waals surface area contributed by atoms with E-state index in [1.807, 2.05) is 13.0 Å². The first-order valence-electron chi connectivity index (χ1n) is 12.2. The molecule has 1 saturated carbocycles. The van der Waals surface area contributed by atoms with Crippen molar-refractivity contribution in [1.82, 2.24) is 0 Å². The summed E-state index contributed by atoms with van der Waals surface area (Å²) < 4.78 is 83.7. The van der Waals surface area contributed by atoms with Crippen molar-refractivity contribution in [2.75, 3.05) is 0 Å². The minimum absolute atomic E-state index is 0.0583. The normalized spacial score (nSPS) is 18.1. The average Bonchev–Trinajstić information content (AvgIpc) is 2.85. The molecule has 1 aliphatic rings. The van der Waals surface area contributed by atoms with E-state index in [-0.39, 0.29) is 30.2 Å². The lowest BCUT2D eigenvalue weighted by molar-refractivity contribution is 0.380. The number of benzene rings is 3. The first-order valence-corrected chi connectivity index (χ1v) is 12.2.